The van der Waals surface area contributed by atoms with Crippen molar-refractivity contribution in [1.82, 2.24) is 5.32 Å². The Morgan fingerprint density at radius 3 is 2.93 bits per heavy atom. The maximum absolute atomic E-state index is 12.5. The summed E-state index contributed by atoms with van der Waals surface area (Å²) < 4.78 is 30.2. The maximum atomic E-state index is 12.5. The molecule has 1 aliphatic heterocycles. The first-order valence-electron chi connectivity index (χ1n) is 4.88. The Morgan fingerprint density at radius 2 is 2.27 bits per heavy atom. The van der Waals surface area contributed by atoms with Crippen molar-refractivity contribution < 1.29 is 13.5 Å². The average molecular weight is 213 g/mol. The highest BCUT2D eigenvalue weighted by Crippen LogP contribution is 2.27. The molecular weight excluding hydrogens is 200 g/mol. The SMILES string of the molecule is COc1cccc2c1CNC(C(F)F)C2. The van der Waals surface area contributed by atoms with Gasteiger partial charge in [-0.25, -0.2) is 8.78 Å². The lowest BCUT2D eigenvalue weighted by atomic mass is 9.95. The largest absolute Gasteiger partial charge is 0.496 e. The number of methoxy groups -OCH3 is 1. The summed E-state index contributed by atoms with van der Waals surface area (Å²) >= 11 is 0. The third-order valence-electron chi connectivity index (χ3n) is 2.73. The molecule has 1 N–H and O–H groups in total. The standard InChI is InChI=1S/C11H13F2NO/c1-15-10-4-2-3-7-5-9(11(12)13)14-6-8(7)10/h2-4,9,11,14H,5-6H2,1H3. The molecule has 82 valence electrons. The zero-order valence-electron chi connectivity index (χ0n) is 8.47. The first-order chi connectivity index (χ1) is 7.22. The van der Waals surface area contributed by atoms with Crippen LogP contribution in [0.2, 0.25) is 0 Å². The van der Waals surface area contributed by atoms with Crippen LogP contribution in [-0.4, -0.2) is 19.6 Å². The van der Waals surface area contributed by atoms with Crippen LogP contribution in [0.25, 0.3) is 0 Å². The van der Waals surface area contributed by atoms with Gasteiger partial charge in [-0.05, 0) is 18.1 Å². The molecule has 0 fully saturated rings. The van der Waals surface area contributed by atoms with Crippen molar-refractivity contribution in [1.29, 1.82) is 0 Å². The van der Waals surface area contributed by atoms with Gasteiger partial charge in [-0.15, -0.1) is 0 Å². The maximum Gasteiger partial charge on any atom is 0.254 e. The van der Waals surface area contributed by atoms with Gasteiger partial charge in [-0.3, -0.25) is 0 Å². The van der Waals surface area contributed by atoms with E-state index in [-0.39, 0.29) is 0 Å². The highest BCUT2D eigenvalue weighted by molar-refractivity contribution is 5.42. The van der Waals surface area contributed by atoms with Crippen LogP contribution in [0.3, 0.4) is 0 Å². The van der Waals surface area contributed by atoms with Crippen molar-refractivity contribution in [3.63, 3.8) is 0 Å². The monoisotopic (exact) mass is 213 g/mol. The minimum absolute atomic E-state index is 0.365. The molecule has 0 amide bonds. The second kappa shape index (κ2) is 4.14. The molecule has 0 bridgehead atoms. The summed E-state index contributed by atoms with van der Waals surface area (Å²) in [7, 11) is 1.59. The van der Waals surface area contributed by atoms with Crippen molar-refractivity contribution in [2.24, 2.45) is 0 Å². The van der Waals surface area contributed by atoms with Crippen molar-refractivity contribution >= 4 is 0 Å². The van der Waals surface area contributed by atoms with Crippen LogP contribution in [0.5, 0.6) is 5.75 Å². The van der Waals surface area contributed by atoms with E-state index in [0.717, 1.165) is 16.9 Å². The fourth-order valence-electron chi connectivity index (χ4n) is 1.91. The molecule has 0 spiro atoms. The van der Waals surface area contributed by atoms with Gasteiger partial charge in [0.25, 0.3) is 6.43 Å². The number of hydrogen-bond donors (Lipinski definition) is 1. The van der Waals surface area contributed by atoms with Gasteiger partial charge in [-0.2, -0.15) is 0 Å². The predicted molar refractivity (Wildman–Crippen MR) is 53.3 cm³/mol. The fourth-order valence-corrected chi connectivity index (χ4v) is 1.91. The van der Waals surface area contributed by atoms with Crippen molar-refractivity contribution in [3.05, 3.63) is 29.3 Å². The number of ether oxygens (including phenoxy) is 1. The van der Waals surface area contributed by atoms with Gasteiger partial charge < -0.3 is 10.1 Å². The van der Waals surface area contributed by atoms with E-state index in [1.165, 1.54) is 0 Å². The number of nitrogens with one attached hydrogen (secondary N) is 1. The number of benzene rings is 1. The minimum atomic E-state index is -2.32. The Balaban J connectivity index is 2.27. The van der Waals surface area contributed by atoms with Crippen molar-refractivity contribution in [2.75, 3.05) is 7.11 Å². The van der Waals surface area contributed by atoms with Crippen LogP contribution in [0.1, 0.15) is 11.1 Å². The molecule has 1 atom stereocenters. The Labute approximate surface area is 87.2 Å². The lowest BCUT2D eigenvalue weighted by molar-refractivity contribution is 0.0939. The van der Waals surface area contributed by atoms with E-state index in [4.69, 9.17) is 4.74 Å². The summed E-state index contributed by atoms with van der Waals surface area (Å²) in [6.07, 6.45) is -1.95. The lowest BCUT2D eigenvalue weighted by Gasteiger charge is -2.26. The number of hydrogen-bond acceptors (Lipinski definition) is 2. The Hall–Kier alpha value is -1.16. The normalized spacial score (nSPS) is 20.1. The summed E-state index contributed by atoms with van der Waals surface area (Å²) in [4.78, 5) is 0. The quantitative estimate of drug-likeness (QED) is 0.811. The molecule has 0 radical (unpaired) electrons. The van der Waals surface area contributed by atoms with Crippen LogP contribution in [0.15, 0.2) is 18.2 Å². The third kappa shape index (κ3) is 1.95. The minimum Gasteiger partial charge on any atom is -0.496 e. The Bertz CT molecular complexity index is 354. The van der Waals surface area contributed by atoms with Crippen molar-refractivity contribution in [3.8, 4) is 5.75 Å². The van der Waals surface area contributed by atoms with E-state index < -0.39 is 12.5 Å². The molecule has 1 aliphatic rings. The van der Waals surface area contributed by atoms with Gasteiger partial charge in [0, 0.05) is 12.1 Å². The summed E-state index contributed by atoms with van der Waals surface area (Å²) in [5.74, 6) is 0.771. The predicted octanol–water partition coefficient (Wildman–Crippen LogP) is 1.97. The van der Waals surface area contributed by atoms with E-state index in [1.807, 2.05) is 18.2 Å². The molecule has 2 rings (SSSR count). The summed E-state index contributed by atoms with van der Waals surface area (Å²) in [5.41, 5.74) is 1.95. The lowest BCUT2D eigenvalue weighted by Crippen LogP contribution is -2.40. The average Bonchev–Trinajstić information content (AvgIpc) is 2.27. The van der Waals surface area contributed by atoms with E-state index >= 15 is 0 Å². The molecule has 1 unspecified atom stereocenters. The second-order valence-electron chi connectivity index (χ2n) is 3.62. The number of fused-ring (bicyclic) bond motifs is 1. The first kappa shape index (κ1) is 10.4. The van der Waals surface area contributed by atoms with E-state index in [2.05, 4.69) is 5.32 Å². The van der Waals surface area contributed by atoms with Crippen LogP contribution < -0.4 is 10.1 Å². The number of rotatable bonds is 2. The summed E-state index contributed by atoms with van der Waals surface area (Å²) in [5, 5.41) is 2.82. The molecule has 4 heteroatoms. The molecule has 2 nitrogen and oxygen atoms in total. The Morgan fingerprint density at radius 1 is 1.47 bits per heavy atom. The van der Waals surface area contributed by atoms with Gasteiger partial charge >= 0.3 is 0 Å². The first-order valence-corrected chi connectivity index (χ1v) is 4.88. The van der Waals surface area contributed by atoms with Gasteiger partial charge in [0.05, 0.1) is 13.2 Å². The number of halogens is 2. The van der Waals surface area contributed by atoms with Crippen LogP contribution >= 0.6 is 0 Å². The second-order valence-corrected chi connectivity index (χ2v) is 3.62. The van der Waals surface area contributed by atoms with Gasteiger partial charge in [0.1, 0.15) is 5.75 Å². The molecule has 0 saturated heterocycles. The Kier molecular flexibility index (Phi) is 2.86. The third-order valence-corrected chi connectivity index (χ3v) is 2.73. The molecular formula is C11H13F2NO. The highest BCUT2D eigenvalue weighted by atomic mass is 19.3. The highest BCUT2D eigenvalue weighted by Gasteiger charge is 2.26. The summed E-state index contributed by atoms with van der Waals surface area (Å²) in [6.45, 7) is 0.453. The zero-order valence-corrected chi connectivity index (χ0v) is 8.47. The van der Waals surface area contributed by atoms with Crippen molar-refractivity contribution in [2.45, 2.75) is 25.4 Å². The van der Waals surface area contributed by atoms with Crippen LogP contribution in [0.4, 0.5) is 8.78 Å². The van der Waals surface area contributed by atoms with E-state index in [0.29, 0.717) is 13.0 Å². The molecule has 15 heavy (non-hydrogen) atoms. The molecule has 0 saturated carbocycles. The van der Waals surface area contributed by atoms with Gasteiger partial charge in [-0.1, -0.05) is 12.1 Å². The van der Waals surface area contributed by atoms with Gasteiger partial charge in [0.15, 0.2) is 0 Å². The molecule has 0 aliphatic carbocycles. The topological polar surface area (TPSA) is 21.3 Å². The number of alkyl halides is 2. The molecule has 0 aromatic heterocycles. The van der Waals surface area contributed by atoms with Crippen LogP contribution in [-0.2, 0) is 13.0 Å². The van der Waals surface area contributed by atoms with Gasteiger partial charge in [0.2, 0.25) is 0 Å². The molecule has 1 aromatic rings. The smallest absolute Gasteiger partial charge is 0.254 e. The van der Waals surface area contributed by atoms with Crippen LogP contribution in [0, 0.1) is 0 Å². The fraction of sp³-hybridized carbons (Fsp3) is 0.455. The summed E-state index contributed by atoms with van der Waals surface area (Å²) in [6, 6.07) is 4.84. The molecule has 1 aromatic carbocycles. The molecule has 1 heterocycles. The van der Waals surface area contributed by atoms with E-state index in [1.54, 1.807) is 7.11 Å². The van der Waals surface area contributed by atoms with E-state index in [9.17, 15) is 8.78 Å². The zero-order chi connectivity index (χ0) is 10.8.